The molecule has 1 fully saturated rings. The summed E-state index contributed by atoms with van der Waals surface area (Å²) in [7, 11) is 12.8. The van der Waals surface area contributed by atoms with Crippen molar-refractivity contribution in [1.29, 1.82) is 0 Å². The molecule has 3 aromatic heterocycles. The van der Waals surface area contributed by atoms with Gasteiger partial charge in [0.05, 0.1) is 42.2 Å². The van der Waals surface area contributed by atoms with E-state index in [0.717, 1.165) is 18.4 Å². The first-order valence-electron chi connectivity index (χ1n) is 18.9. The molecule has 320 valence electrons. The van der Waals surface area contributed by atoms with Crippen LogP contribution in [0.3, 0.4) is 0 Å². The number of aryl methyl sites for hydroxylation is 2. The van der Waals surface area contributed by atoms with Gasteiger partial charge in [0.25, 0.3) is 22.9 Å². The molecule has 1 aliphatic heterocycles. The van der Waals surface area contributed by atoms with Crippen molar-refractivity contribution in [3.8, 4) is 23.0 Å². The number of ether oxygens (including phenoxy) is 4. The van der Waals surface area contributed by atoms with Crippen molar-refractivity contribution in [2.45, 2.75) is 19.3 Å². The van der Waals surface area contributed by atoms with Crippen molar-refractivity contribution in [3.05, 3.63) is 79.6 Å². The van der Waals surface area contributed by atoms with E-state index in [1.165, 1.54) is 30.3 Å². The predicted molar refractivity (Wildman–Crippen MR) is 228 cm³/mol. The molecular weight excluding hydrogens is 798 g/mol. The second-order valence-electron chi connectivity index (χ2n) is 14.2. The number of nitrogen functional groups attached to an aromatic ring is 1. The van der Waals surface area contributed by atoms with E-state index in [2.05, 4.69) is 20.5 Å². The van der Waals surface area contributed by atoms with E-state index in [0.29, 0.717) is 75.2 Å². The molecule has 0 atom stereocenters. The lowest BCUT2D eigenvalue weighted by Gasteiger charge is -2.32. The van der Waals surface area contributed by atoms with Crippen molar-refractivity contribution in [2.24, 2.45) is 20.0 Å². The fourth-order valence-corrected chi connectivity index (χ4v) is 6.98. The Balaban J connectivity index is 0.000000274. The van der Waals surface area contributed by atoms with Gasteiger partial charge in [0.15, 0.2) is 24.7 Å². The molecule has 19 heteroatoms. The number of pyridine rings is 2. The number of aromatic nitrogens is 4. The van der Waals surface area contributed by atoms with Crippen LogP contribution in [-0.2, 0) is 34.9 Å². The van der Waals surface area contributed by atoms with Gasteiger partial charge in [-0.25, -0.2) is 9.97 Å². The second-order valence-corrected chi connectivity index (χ2v) is 14.6. The van der Waals surface area contributed by atoms with Gasteiger partial charge in [-0.1, -0.05) is 11.6 Å². The minimum Gasteiger partial charge on any atom is -0.495 e. The molecule has 0 radical (unpaired) electrons. The highest BCUT2D eigenvalue weighted by Crippen LogP contribution is 2.32. The number of carbonyl (C=O) groups excluding carboxylic acids is 3. The third-order valence-electron chi connectivity index (χ3n) is 10.0. The third kappa shape index (κ3) is 9.99. The van der Waals surface area contributed by atoms with E-state index >= 15 is 0 Å². The van der Waals surface area contributed by atoms with Crippen LogP contribution in [0.15, 0.2) is 52.2 Å². The molecular formula is C41H50ClN9O9. The number of halogens is 1. The number of nitrogens with one attached hydrogen (secondary N) is 2. The van der Waals surface area contributed by atoms with E-state index < -0.39 is 0 Å². The Morgan fingerprint density at radius 3 is 1.83 bits per heavy atom. The highest BCUT2D eigenvalue weighted by Gasteiger charge is 2.27. The van der Waals surface area contributed by atoms with Crippen molar-refractivity contribution in [2.75, 3.05) is 79.3 Å². The molecule has 1 aliphatic rings. The number of amides is 3. The van der Waals surface area contributed by atoms with E-state index in [9.17, 15) is 24.0 Å². The van der Waals surface area contributed by atoms with E-state index in [4.69, 9.17) is 41.3 Å². The Labute approximate surface area is 351 Å². The Hall–Kier alpha value is -6.56. The largest absolute Gasteiger partial charge is 0.495 e. The zero-order chi connectivity index (χ0) is 43.8. The number of likely N-dealkylation sites (N-methyl/N-ethyl adjacent to an activating group) is 2. The van der Waals surface area contributed by atoms with Crippen LogP contribution < -0.4 is 51.3 Å². The van der Waals surface area contributed by atoms with Gasteiger partial charge in [-0.3, -0.25) is 24.0 Å². The van der Waals surface area contributed by atoms with Crippen molar-refractivity contribution in [1.82, 2.24) is 34.6 Å². The van der Waals surface area contributed by atoms with Gasteiger partial charge in [-0.15, -0.1) is 0 Å². The van der Waals surface area contributed by atoms with Crippen LogP contribution >= 0.6 is 11.6 Å². The number of anilines is 2. The number of hydrogen-bond acceptors (Lipinski definition) is 13. The van der Waals surface area contributed by atoms with Crippen molar-refractivity contribution in [3.63, 3.8) is 0 Å². The maximum absolute atomic E-state index is 12.8. The van der Waals surface area contributed by atoms with Gasteiger partial charge in [-0.05, 0) is 48.7 Å². The monoisotopic (exact) mass is 847 g/mol. The smallest absolute Gasteiger partial charge is 0.293 e. The van der Waals surface area contributed by atoms with Gasteiger partial charge in [0, 0.05) is 90.2 Å². The predicted octanol–water partition coefficient (Wildman–Crippen LogP) is 2.26. The van der Waals surface area contributed by atoms with Gasteiger partial charge < -0.3 is 54.2 Å². The van der Waals surface area contributed by atoms with Crippen LogP contribution in [0, 0.1) is 5.92 Å². The number of piperidine rings is 1. The van der Waals surface area contributed by atoms with Gasteiger partial charge in [0.1, 0.15) is 11.5 Å². The molecule has 1 saturated heterocycles. The Bertz CT molecular complexity index is 2530. The number of nitrogens with zero attached hydrogens (tertiary/aromatic N) is 6. The molecule has 3 amide bonds. The molecule has 2 aromatic carbocycles. The topological polar surface area (TPSA) is 214 Å². The second kappa shape index (κ2) is 19.5. The zero-order valence-electron chi connectivity index (χ0n) is 34.9. The zero-order valence-corrected chi connectivity index (χ0v) is 35.6. The number of carbonyl (C=O) groups is 3. The summed E-state index contributed by atoms with van der Waals surface area (Å²) in [6.07, 6.45) is 3.48. The number of fused-ring (bicyclic) bond motifs is 2. The molecule has 60 heavy (non-hydrogen) atoms. The minimum absolute atomic E-state index is 0.00859. The molecule has 0 unspecified atom stereocenters. The summed E-state index contributed by atoms with van der Waals surface area (Å²) in [4.78, 5) is 73.2. The van der Waals surface area contributed by atoms with Gasteiger partial charge >= 0.3 is 0 Å². The summed E-state index contributed by atoms with van der Waals surface area (Å²) in [5, 5.41) is 6.73. The highest BCUT2D eigenvalue weighted by molar-refractivity contribution is 6.31. The Morgan fingerprint density at radius 2 is 1.33 bits per heavy atom. The lowest BCUT2D eigenvalue weighted by molar-refractivity contribution is -0.133. The molecule has 4 heterocycles. The van der Waals surface area contributed by atoms with Gasteiger partial charge in [0.2, 0.25) is 11.9 Å². The number of benzene rings is 2. The number of rotatable bonds is 12. The first-order chi connectivity index (χ1) is 28.6. The molecule has 18 nitrogen and oxygen atoms in total. The van der Waals surface area contributed by atoms with Crippen LogP contribution in [0.2, 0.25) is 5.02 Å². The SMILES string of the molecule is CNC(=O)COc1cc2cc(Cc3nc(N4CCC(C(=O)N(C)C)CC4)ncc3Cl)cc(OC)c2n(C)c1=O.CNC(=O)COc1cc2cc(N)cc(OC)c2n(C)c1=O. The molecule has 0 spiro atoms. The quantitative estimate of drug-likeness (QED) is 0.154. The summed E-state index contributed by atoms with van der Waals surface area (Å²) in [6, 6.07) is 10.3. The van der Waals surface area contributed by atoms with Crippen LogP contribution in [0.1, 0.15) is 24.1 Å². The molecule has 5 aromatic rings. The summed E-state index contributed by atoms with van der Waals surface area (Å²) >= 11 is 6.50. The minimum atomic E-state index is -0.378. The van der Waals surface area contributed by atoms with Crippen LogP contribution in [0.4, 0.5) is 11.6 Å². The molecule has 0 saturated carbocycles. The Kier molecular flexibility index (Phi) is 14.4. The molecule has 6 rings (SSSR count). The summed E-state index contributed by atoms with van der Waals surface area (Å²) < 4.78 is 24.5. The first kappa shape index (κ1) is 44.5. The van der Waals surface area contributed by atoms with E-state index in [1.54, 1.807) is 70.7 Å². The van der Waals surface area contributed by atoms with Crippen molar-refractivity contribution >= 4 is 62.8 Å². The highest BCUT2D eigenvalue weighted by atomic mass is 35.5. The maximum atomic E-state index is 12.8. The van der Waals surface area contributed by atoms with Crippen LogP contribution in [0.5, 0.6) is 23.0 Å². The summed E-state index contributed by atoms with van der Waals surface area (Å²) in [5.74, 6) is 1.23. The van der Waals surface area contributed by atoms with Crippen LogP contribution in [-0.4, -0.2) is 110 Å². The van der Waals surface area contributed by atoms with Crippen molar-refractivity contribution < 1.29 is 33.3 Å². The maximum Gasteiger partial charge on any atom is 0.293 e. The number of nitrogens with two attached hydrogens (primary N) is 1. The number of hydrogen-bond donors (Lipinski definition) is 3. The number of methoxy groups -OCH3 is 2. The fraction of sp³-hybridized carbons (Fsp3) is 0.390. The standard InChI is InChI=1S/C27H33ClN6O5.C14H17N3O4/c1-29-23(35)15-39-22-13-18-10-16(12-21(38-5)24(18)33(4)26(22)37)11-20-19(28)14-30-27(31-20)34-8-6-17(7-9-34)25(36)32(2)3;1-16-12(18)7-21-11-5-8-4-9(15)6-10(20-3)13(8)17(2)14(11)19/h10,12-14,17H,6-9,11,15H2,1-5H3,(H,29,35);4-6H,7,15H2,1-3H3,(H,16,18). The average Bonchev–Trinajstić information content (AvgIpc) is 3.24. The molecule has 0 aliphatic carbocycles. The fourth-order valence-electron chi connectivity index (χ4n) is 6.82. The normalized spacial score (nSPS) is 12.7. The van der Waals surface area contributed by atoms with Crippen LogP contribution in [0.25, 0.3) is 21.8 Å². The Morgan fingerprint density at radius 1 is 0.817 bits per heavy atom. The van der Waals surface area contributed by atoms with E-state index in [-0.39, 0.29) is 59.5 Å². The lowest BCUT2D eigenvalue weighted by Crippen LogP contribution is -2.40. The van der Waals surface area contributed by atoms with Gasteiger partial charge in [-0.2, -0.15) is 0 Å². The van der Waals surface area contributed by atoms with E-state index in [1.807, 2.05) is 12.1 Å². The lowest BCUT2D eigenvalue weighted by atomic mass is 9.96. The molecule has 4 N–H and O–H groups in total. The molecule has 0 bridgehead atoms. The first-order valence-corrected chi connectivity index (χ1v) is 19.3. The summed E-state index contributed by atoms with van der Waals surface area (Å²) in [5.41, 5.74) is 8.31. The third-order valence-corrected chi connectivity index (χ3v) is 10.3. The summed E-state index contributed by atoms with van der Waals surface area (Å²) in [6.45, 7) is 0.870. The average molecular weight is 848 g/mol.